The molecule has 16 nitrogen and oxygen atoms in total. The van der Waals surface area contributed by atoms with Gasteiger partial charge in [-0.3, -0.25) is 0 Å². The first kappa shape index (κ1) is 70.2. The third-order valence-corrected chi connectivity index (χ3v) is 12.3. The Bertz CT molecular complexity index is 3810. The summed E-state index contributed by atoms with van der Waals surface area (Å²) in [6.45, 7) is 23.5. The van der Waals surface area contributed by atoms with E-state index in [1.54, 1.807) is 106 Å². The van der Waals surface area contributed by atoms with E-state index in [2.05, 4.69) is 40.2 Å². The Balaban J connectivity index is 0.000000221. The molecule has 0 heterocycles. The summed E-state index contributed by atoms with van der Waals surface area (Å²) in [6.07, 6.45) is 1.66. The molecule has 0 spiro atoms. The van der Waals surface area contributed by atoms with Gasteiger partial charge in [0.15, 0.2) is 0 Å². The Morgan fingerprint density at radius 2 is 0.747 bits per heavy atom. The molecule has 8 aromatic rings. The second-order valence-corrected chi connectivity index (χ2v) is 20.1. The van der Waals surface area contributed by atoms with Crippen LogP contribution in [0.5, 0.6) is 23.0 Å². The smallest absolute Gasteiger partial charge is 0.342 e. The first-order valence-electron chi connectivity index (χ1n) is 28.5. The number of rotatable bonds is 22. The SMILES string of the molecule is C=C(C)C(=O)Oc1cccc(C(=O)OCc2ccc(C(C)C)cc2)c1.C=C(C)C(=O)Oc1ccccc1C(=O)OCCc1ccccc1.C=C(C)C(=O)Oc1ccccc1C(=O)OCc1ccccc1.C=CC(=O)Oc1ccccc1C(=O)OCc1ccccc1. The molecule has 0 aliphatic carbocycles. The normalized spacial score (nSPS) is 10.0. The van der Waals surface area contributed by atoms with E-state index in [0.717, 1.165) is 28.3 Å². The molecule has 0 saturated heterocycles. The van der Waals surface area contributed by atoms with Crippen LogP contribution in [0.25, 0.3) is 0 Å². The average molecular weight is 1230 g/mol. The van der Waals surface area contributed by atoms with Gasteiger partial charge in [0.25, 0.3) is 0 Å². The van der Waals surface area contributed by atoms with Crippen molar-refractivity contribution < 1.29 is 76.3 Å². The first-order valence-corrected chi connectivity index (χ1v) is 28.5. The molecule has 0 radical (unpaired) electrons. The predicted octanol–water partition coefficient (Wildman–Crippen LogP) is 14.9. The van der Waals surface area contributed by atoms with Crippen LogP contribution in [0.1, 0.15) is 110 Å². The minimum Gasteiger partial charge on any atom is -0.462 e. The Morgan fingerprint density at radius 1 is 0.385 bits per heavy atom. The van der Waals surface area contributed by atoms with E-state index in [9.17, 15) is 38.4 Å². The van der Waals surface area contributed by atoms with Gasteiger partial charge in [-0.05, 0) is 109 Å². The Hall–Kier alpha value is -11.5. The molecule has 16 heteroatoms. The van der Waals surface area contributed by atoms with Crippen molar-refractivity contribution in [3.63, 3.8) is 0 Å². The lowest BCUT2D eigenvalue weighted by Gasteiger charge is -2.10. The molecule has 0 amide bonds. The quantitative estimate of drug-likeness (QED) is 0.0267. The zero-order valence-electron chi connectivity index (χ0n) is 51.3. The van der Waals surface area contributed by atoms with Crippen LogP contribution in [0.3, 0.4) is 0 Å². The van der Waals surface area contributed by atoms with Crippen molar-refractivity contribution in [1.82, 2.24) is 0 Å². The number of hydrogen-bond acceptors (Lipinski definition) is 16. The molecule has 466 valence electrons. The molecule has 0 unspecified atom stereocenters. The van der Waals surface area contributed by atoms with E-state index in [4.69, 9.17) is 37.9 Å². The van der Waals surface area contributed by atoms with E-state index in [1.165, 1.54) is 17.7 Å². The molecule has 8 rings (SSSR count). The summed E-state index contributed by atoms with van der Waals surface area (Å²) in [5.41, 5.74) is 6.76. The summed E-state index contributed by atoms with van der Waals surface area (Å²) in [5, 5.41) is 0. The van der Waals surface area contributed by atoms with Gasteiger partial charge in [-0.25, -0.2) is 38.4 Å². The largest absolute Gasteiger partial charge is 0.462 e. The van der Waals surface area contributed by atoms with Gasteiger partial charge in [-0.1, -0.05) is 198 Å². The van der Waals surface area contributed by atoms with Crippen molar-refractivity contribution in [3.8, 4) is 23.0 Å². The standard InChI is InChI=1S/C21H22O4.C19H18O4.C18H16O4.C17H14O4/c1-14(2)17-10-8-16(9-11-17)13-24-21(23)18-6-5-7-19(12-18)25-20(22)15(3)4;1-14(2)18(20)23-17-11-7-6-10-16(17)19(21)22-13-12-15-8-4-3-5-9-15;1-13(2)17(19)22-16-11-7-6-10-15(16)18(20)21-12-14-8-4-3-5-9-14;1-2-16(18)21-15-11-7-6-10-14(15)17(19)20-12-13-8-4-3-5-9-13/h5-12,14H,3,13H2,1-2,4H3;3-11H,1,12-13H2,2H3;3-11H,1,12H2,2H3;2-11H,1,12H2. The van der Waals surface area contributed by atoms with Crippen molar-refractivity contribution in [1.29, 1.82) is 0 Å². The number of carbonyl (C=O) groups is 8. The number of esters is 8. The summed E-state index contributed by atoms with van der Waals surface area (Å²) >= 11 is 0. The molecule has 8 aromatic carbocycles. The van der Waals surface area contributed by atoms with E-state index >= 15 is 0 Å². The van der Waals surface area contributed by atoms with Crippen molar-refractivity contribution in [2.24, 2.45) is 0 Å². The molecule has 91 heavy (non-hydrogen) atoms. The van der Waals surface area contributed by atoms with Crippen LogP contribution in [0.4, 0.5) is 0 Å². The Kier molecular flexibility index (Phi) is 28.7. The van der Waals surface area contributed by atoms with Crippen LogP contribution in [-0.2, 0) is 64.4 Å². The minimum atomic E-state index is -0.627. The maximum atomic E-state index is 12.2. The Morgan fingerprint density at radius 3 is 1.16 bits per heavy atom. The second-order valence-electron chi connectivity index (χ2n) is 20.1. The van der Waals surface area contributed by atoms with Crippen LogP contribution < -0.4 is 18.9 Å². The highest BCUT2D eigenvalue weighted by atomic mass is 16.6. The summed E-state index contributed by atoms with van der Waals surface area (Å²) in [6, 6.07) is 62.0. The lowest BCUT2D eigenvalue weighted by molar-refractivity contribution is -0.131. The number of para-hydroxylation sites is 3. The second kappa shape index (κ2) is 37.2. The fraction of sp³-hybridized carbons (Fsp3) is 0.147. The van der Waals surface area contributed by atoms with Crippen molar-refractivity contribution in [2.75, 3.05) is 6.61 Å². The molecule has 0 aliphatic heterocycles. The zero-order valence-corrected chi connectivity index (χ0v) is 51.3. The van der Waals surface area contributed by atoms with Crippen LogP contribution in [0.15, 0.2) is 261 Å². The number of hydrogen-bond donors (Lipinski definition) is 0. The first-order chi connectivity index (χ1) is 43.7. The van der Waals surface area contributed by atoms with Gasteiger partial charge in [0.05, 0.1) is 12.2 Å². The zero-order chi connectivity index (χ0) is 66.1. The van der Waals surface area contributed by atoms with Crippen LogP contribution in [0.2, 0.25) is 0 Å². The maximum Gasteiger partial charge on any atom is 0.342 e. The topological polar surface area (TPSA) is 210 Å². The van der Waals surface area contributed by atoms with E-state index in [1.807, 2.05) is 115 Å². The van der Waals surface area contributed by atoms with Crippen LogP contribution >= 0.6 is 0 Å². The molecule has 0 fully saturated rings. The fourth-order valence-corrected chi connectivity index (χ4v) is 7.39. The van der Waals surface area contributed by atoms with Crippen molar-refractivity contribution in [2.45, 2.75) is 66.8 Å². The maximum absolute atomic E-state index is 12.2. The van der Waals surface area contributed by atoms with Crippen LogP contribution in [-0.4, -0.2) is 54.4 Å². The van der Waals surface area contributed by atoms with Gasteiger partial charge in [0.2, 0.25) is 0 Å². The monoisotopic (exact) mass is 1230 g/mol. The lowest BCUT2D eigenvalue weighted by Crippen LogP contribution is -2.14. The third kappa shape index (κ3) is 24.6. The van der Waals surface area contributed by atoms with Crippen molar-refractivity contribution in [3.05, 3.63) is 312 Å². The number of carbonyl (C=O) groups excluding carboxylic acids is 8. The molecule has 0 aromatic heterocycles. The number of benzene rings is 8. The van der Waals surface area contributed by atoms with Gasteiger partial charge in [-0.2, -0.15) is 0 Å². The van der Waals surface area contributed by atoms with E-state index in [-0.39, 0.29) is 82.8 Å². The minimum absolute atomic E-state index is 0.153. The third-order valence-electron chi connectivity index (χ3n) is 12.3. The number of ether oxygens (including phenoxy) is 8. The molecule has 0 bridgehead atoms. The van der Waals surface area contributed by atoms with Gasteiger partial charge in [-0.15, -0.1) is 0 Å². The predicted molar refractivity (Wildman–Crippen MR) is 344 cm³/mol. The molecular formula is C75H70O16. The molecule has 0 saturated carbocycles. The Labute approximate surface area is 529 Å². The van der Waals surface area contributed by atoms with Gasteiger partial charge in [0.1, 0.15) is 59.5 Å². The van der Waals surface area contributed by atoms with E-state index < -0.39 is 47.8 Å². The van der Waals surface area contributed by atoms with Gasteiger partial charge >= 0.3 is 47.8 Å². The van der Waals surface area contributed by atoms with Gasteiger partial charge < -0.3 is 37.9 Å². The summed E-state index contributed by atoms with van der Waals surface area (Å²) in [4.78, 5) is 94.6. The van der Waals surface area contributed by atoms with E-state index in [0.29, 0.717) is 17.9 Å². The highest BCUT2D eigenvalue weighted by Crippen LogP contribution is 2.24. The molecule has 0 aliphatic rings. The molecular weight excluding hydrogens is 1160 g/mol. The highest BCUT2D eigenvalue weighted by molar-refractivity contribution is 5.97. The fourth-order valence-electron chi connectivity index (χ4n) is 7.39. The van der Waals surface area contributed by atoms with Crippen LogP contribution in [0, 0.1) is 0 Å². The highest BCUT2D eigenvalue weighted by Gasteiger charge is 2.20. The molecule has 0 atom stereocenters. The van der Waals surface area contributed by atoms with Gasteiger partial charge in [0, 0.05) is 29.2 Å². The molecule has 0 N–H and O–H groups in total. The van der Waals surface area contributed by atoms with Crippen molar-refractivity contribution >= 4 is 47.8 Å². The lowest BCUT2D eigenvalue weighted by atomic mass is 10.0. The summed E-state index contributed by atoms with van der Waals surface area (Å²) in [5.74, 6) is -3.18. The average Bonchev–Trinajstić information content (AvgIpc) is 3.50. The summed E-state index contributed by atoms with van der Waals surface area (Å²) < 4.78 is 41.5. The summed E-state index contributed by atoms with van der Waals surface area (Å²) in [7, 11) is 0.